The van der Waals surface area contributed by atoms with Gasteiger partial charge in [-0.1, -0.05) is 6.07 Å². The van der Waals surface area contributed by atoms with E-state index in [1.807, 2.05) is 0 Å². The molecule has 0 radical (unpaired) electrons. The van der Waals surface area contributed by atoms with Crippen LogP contribution in [0.5, 0.6) is 0 Å². The van der Waals surface area contributed by atoms with Gasteiger partial charge in [0.2, 0.25) is 0 Å². The summed E-state index contributed by atoms with van der Waals surface area (Å²) in [4.78, 5) is 10.7. The lowest BCUT2D eigenvalue weighted by Gasteiger charge is -2.10. The summed E-state index contributed by atoms with van der Waals surface area (Å²) in [6.07, 6.45) is 0. The summed E-state index contributed by atoms with van der Waals surface area (Å²) in [6, 6.07) is 9.49. The zero-order valence-corrected chi connectivity index (χ0v) is 13.4. The van der Waals surface area contributed by atoms with Gasteiger partial charge in [0.05, 0.1) is 0 Å². The number of benzene rings is 2. The van der Waals surface area contributed by atoms with E-state index in [1.165, 1.54) is 43.4 Å². The van der Waals surface area contributed by atoms with Crippen molar-refractivity contribution in [3.63, 3.8) is 0 Å². The average Bonchev–Trinajstić information content (AvgIpc) is 2.48. The molecular weight excluding hydrogens is 321 g/mol. The van der Waals surface area contributed by atoms with E-state index in [0.717, 1.165) is 6.07 Å². The lowest BCUT2D eigenvalue weighted by molar-refractivity contribution is 0.254. The molecule has 23 heavy (non-hydrogen) atoms. The summed E-state index contributed by atoms with van der Waals surface area (Å²) in [5, 5.41) is 4.94. The molecule has 0 heterocycles. The summed E-state index contributed by atoms with van der Waals surface area (Å²) in [6.45, 7) is 1.67. The number of carbonyl (C=O) groups excluding carboxylic acids is 1. The zero-order chi connectivity index (χ0) is 17.0. The third kappa shape index (κ3) is 4.19. The van der Waals surface area contributed by atoms with Crippen LogP contribution >= 0.6 is 0 Å². The van der Waals surface area contributed by atoms with Crippen LogP contribution in [0.3, 0.4) is 0 Å². The van der Waals surface area contributed by atoms with Gasteiger partial charge in [-0.15, -0.1) is 0 Å². The zero-order valence-electron chi connectivity index (χ0n) is 12.6. The third-order valence-electron chi connectivity index (χ3n) is 3.00. The minimum Gasteiger partial charge on any atom is -0.341 e. The van der Waals surface area contributed by atoms with Gasteiger partial charge in [0.1, 0.15) is 10.7 Å². The average molecular weight is 337 g/mol. The van der Waals surface area contributed by atoms with Crippen molar-refractivity contribution in [2.24, 2.45) is 0 Å². The molecule has 122 valence electrons. The Morgan fingerprint density at radius 2 is 1.65 bits per heavy atom. The number of anilines is 2. The van der Waals surface area contributed by atoms with Gasteiger partial charge in [-0.05, 0) is 48.9 Å². The molecule has 0 unspecified atom stereocenters. The van der Waals surface area contributed by atoms with Crippen molar-refractivity contribution in [3.05, 3.63) is 53.8 Å². The number of hydrogen-bond donors (Lipinski definition) is 3. The van der Waals surface area contributed by atoms with Crippen LogP contribution in [0.25, 0.3) is 0 Å². The van der Waals surface area contributed by atoms with Crippen molar-refractivity contribution in [3.8, 4) is 0 Å². The second-order valence-electron chi connectivity index (χ2n) is 4.82. The first kappa shape index (κ1) is 16.8. The van der Waals surface area contributed by atoms with Gasteiger partial charge in [0.15, 0.2) is 0 Å². The van der Waals surface area contributed by atoms with Crippen LogP contribution in [0.2, 0.25) is 0 Å². The molecule has 3 N–H and O–H groups in total. The molecule has 0 aliphatic heterocycles. The van der Waals surface area contributed by atoms with E-state index in [4.69, 9.17) is 0 Å². The highest BCUT2D eigenvalue weighted by molar-refractivity contribution is 7.92. The third-order valence-corrected chi connectivity index (χ3v) is 4.41. The molecule has 0 aliphatic rings. The van der Waals surface area contributed by atoms with Gasteiger partial charge in [-0.25, -0.2) is 17.6 Å². The van der Waals surface area contributed by atoms with Crippen LogP contribution in [0.1, 0.15) is 5.56 Å². The Morgan fingerprint density at radius 3 is 2.22 bits per heavy atom. The molecule has 0 bridgehead atoms. The van der Waals surface area contributed by atoms with E-state index in [1.54, 1.807) is 6.92 Å². The lowest BCUT2D eigenvalue weighted by atomic mass is 10.2. The maximum Gasteiger partial charge on any atom is 0.318 e. The van der Waals surface area contributed by atoms with Crippen LogP contribution in [0.15, 0.2) is 47.4 Å². The van der Waals surface area contributed by atoms with Crippen molar-refractivity contribution >= 4 is 27.4 Å². The van der Waals surface area contributed by atoms with Gasteiger partial charge in [-0.3, -0.25) is 4.72 Å². The number of rotatable bonds is 4. The summed E-state index contributed by atoms with van der Waals surface area (Å²) < 4.78 is 40.5. The second kappa shape index (κ2) is 6.66. The SMILES string of the molecule is CNC(=O)Nc1ccc(NS(=O)(=O)c2ccc(C)cc2F)cc1. The summed E-state index contributed by atoms with van der Waals surface area (Å²) in [5.41, 5.74) is 1.38. The molecule has 0 spiro atoms. The van der Waals surface area contributed by atoms with Crippen molar-refractivity contribution in [2.75, 3.05) is 17.1 Å². The van der Waals surface area contributed by atoms with E-state index < -0.39 is 20.7 Å². The van der Waals surface area contributed by atoms with E-state index in [-0.39, 0.29) is 11.7 Å². The number of halogens is 1. The molecule has 0 atom stereocenters. The Hall–Kier alpha value is -2.61. The Morgan fingerprint density at radius 1 is 1.04 bits per heavy atom. The first-order chi connectivity index (χ1) is 10.8. The van der Waals surface area contributed by atoms with Crippen LogP contribution in [0.4, 0.5) is 20.6 Å². The van der Waals surface area contributed by atoms with Gasteiger partial charge >= 0.3 is 6.03 Å². The second-order valence-corrected chi connectivity index (χ2v) is 6.47. The van der Waals surface area contributed by atoms with Crippen LogP contribution in [0, 0.1) is 12.7 Å². The van der Waals surface area contributed by atoms with Crippen LogP contribution in [-0.4, -0.2) is 21.5 Å². The molecule has 2 aromatic carbocycles. The summed E-state index contributed by atoms with van der Waals surface area (Å²) in [7, 11) is -2.55. The summed E-state index contributed by atoms with van der Waals surface area (Å²) in [5.74, 6) is -0.810. The van der Waals surface area contributed by atoms with Crippen LogP contribution < -0.4 is 15.4 Å². The highest BCUT2D eigenvalue weighted by Crippen LogP contribution is 2.21. The maximum atomic E-state index is 13.8. The minimum atomic E-state index is -4.03. The number of urea groups is 1. The molecule has 6 nitrogen and oxygen atoms in total. The smallest absolute Gasteiger partial charge is 0.318 e. The topological polar surface area (TPSA) is 87.3 Å². The minimum absolute atomic E-state index is 0.257. The quantitative estimate of drug-likeness (QED) is 0.801. The van der Waals surface area contributed by atoms with E-state index in [2.05, 4.69) is 15.4 Å². The number of amides is 2. The van der Waals surface area contributed by atoms with Crippen molar-refractivity contribution < 1.29 is 17.6 Å². The molecule has 0 aromatic heterocycles. The summed E-state index contributed by atoms with van der Waals surface area (Å²) >= 11 is 0. The Kier molecular flexibility index (Phi) is 4.85. The van der Waals surface area contributed by atoms with Gasteiger partial charge in [0, 0.05) is 18.4 Å². The number of nitrogens with one attached hydrogen (secondary N) is 3. The Bertz CT molecular complexity index is 820. The highest BCUT2D eigenvalue weighted by Gasteiger charge is 2.19. The van der Waals surface area contributed by atoms with E-state index in [0.29, 0.717) is 11.3 Å². The van der Waals surface area contributed by atoms with E-state index >= 15 is 0 Å². The molecule has 2 rings (SSSR count). The first-order valence-electron chi connectivity index (χ1n) is 6.69. The first-order valence-corrected chi connectivity index (χ1v) is 8.18. The number of sulfonamides is 1. The van der Waals surface area contributed by atoms with E-state index in [9.17, 15) is 17.6 Å². The van der Waals surface area contributed by atoms with Crippen molar-refractivity contribution in [1.82, 2.24) is 5.32 Å². The fourth-order valence-corrected chi connectivity index (χ4v) is 2.97. The molecule has 0 saturated heterocycles. The van der Waals surface area contributed by atoms with Gasteiger partial charge in [-0.2, -0.15) is 0 Å². The molecule has 0 aliphatic carbocycles. The lowest BCUT2D eigenvalue weighted by Crippen LogP contribution is -2.24. The molecule has 2 aromatic rings. The number of carbonyl (C=O) groups is 1. The number of hydrogen-bond acceptors (Lipinski definition) is 3. The predicted octanol–water partition coefficient (Wildman–Crippen LogP) is 2.69. The van der Waals surface area contributed by atoms with Crippen LogP contribution in [-0.2, 0) is 10.0 Å². The molecule has 0 saturated carbocycles. The Balaban J connectivity index is 2.19. The normalized spacial score (nSPS) is 10.9. The highest BCUT2D eigenvalue weighted by atomic mass is 32.2. The number of aryl methyl sites for hydroxylation is 1. The van der Waals surface area contributed by atoms with Crippen molar-refractivity contribution in [1.29, 1.82) is 0 Å². The van der Waals surface area contributed by atoms with Crippen molar-refractivity contribution in [2.45, 2.75) is 11.8 Å². The Labute approximate surface area is 133 Å². The largest absolute Gasteiger partial charge is 0.341 e. The molecule has 0 fully saturated rings. The van der Waals surface area contributed by atoms with Gasteiger partial charge < -0.3 is 10.6 Å². The molecular formula is C15H16FN3O3S. The molecule has 8 heteroatoms. The monoisotopic (exact) mass is 337 g/mol. The predicted molar refractivity (Wildman–Crippen MR) is 86.5 cm³/mol. The standard InChI is InChI=1S/C15H16FN3O3S/c1-10-3-8-14(13(16)9-10)23(21,22)19-12-6-4-11(5-7-12)18-15(20)17-2/h3-9,19H,1-2H3,(H2,17,18,20). The van der Waals surface area contributed by atoms with Gasteiger partial charge in [0.25, 0.3) is 10.0 Å². The fraction of sp³-hybridized carbons (Fsp3) is 0.133. The maximum absolute atomic E-state index is 13.8. The fourth-order valence-electron chi connectivity index (χ4n) is 1.85. The molecule has 2 amide bonds.